The highest BCUT2D eigenvalue weighted by Crippen LogP contribution is 2.37. The molecule has 0 heterocycles. The van der Waals surface area contributed by atoms with E-state index in [1.165, 1.54) is 22.3 Å². The number of amides is 1. The monoisotopic (exact) mass is 597 g/mol. The summed E-state index contributed by atoms with van der Waals surface area (Å²) in [7, 11) is 0.472. The van der Waals surface area contributed by atoms with Crippen molar-refractivity contribution in [2.45, 2.75) is 51.5 Å². The Morgan fingerprint density at radius 3 is 2.30 bits per heavy atom. The van der Waals surface area contributed by atoms with Crippen LogP contribution in [-0.2, 0) is 30.6 Å². The smallest absolute Gasteiger partial charge is 0.423 e. The van der Waals surface area contributed by atoms with Gasteiger partial charge in [0.25, 0.3) is 0 Å². The number of nitrogens with one attached hydrogen (secondary N) is 1. The quantitative estimate of drug-likeness (QED) is 0.109. The molecule has 0 bridgehead atoms. The topological polar surface area (TPSA) is 117 Å². The first-order valence-electron chi connectivity index (χ1n) is 15.5. The minimum Gasteiger partial charge on any atom is -0.423 e. The van der Waals surface area contributed by atoms with E-state index < -0.39 is 14.2 Å². The first-order chi connectivity index (χ1) is 21.2. The molecule has 1 aliphatic carbocycles. The summed E-state index contributed by atoms with van der Waals surface area (Å²) in [5.41, 5.74) is 8.05. The van der Waals surface area contributed by atoms with Gasteiger partial charge in [0.2, 0.25) is 5.91 Å². The molecule has 232 valence electrons. The Hall–Kier alpha value is -3.40. The Morgan fingerprint density at radius 1 is 0.932 bits per heavy atom. The summed E-state index contributed by atoms with van der Waals surface area (Å²) in [6, 6.07) is 20.2. The molecular weight excluding hydrogens is 552 g/mol. The lowest BCUT2D eigenvalue weighted by Crippen LogP contribution is -2.33. The normalized spacial score (nSPS) is 14.4. The number of carbonyl (C=O) groups excluding carboxylic acids is 1. The van der Waals surface area contributed by atoms with E-state index in [2.05, 4.69) is 41.4 Å². The third-order valence-electron chi connectivity index (χ3n) is 8.45. The average molecular weight is 597 g/mol. The highest BCUT2D eigenvalue weighted by atomic mass is 16.4. The van der Waals surface area contributed by atoms with Crippen LogP contribution in [-0.4, -0.2) is 78.9 Å². The molecular formula is C34H45B2N3O5. The van der Waals surface area contributed by atoms with E-state index in [0.717, 1.165) is 56.4 Å². The van der Waals surface area contributed by atoms with Gasteiger partial charge in [-0.1, -0.05) is 60.7 Å². The van der Waals surface area contributed by atoms with Crippen molar-refractivity contribution in [2.24, 2.45) is 0 Å². The molecule has 10 heteroatoms. The predicted molar refractivity (Wildman–Crippen MR) is 179 cm³/mol. The van der Waals surface area contributed by atoms with Crippen LogP contribution in [0, 0.1) is 0 Å². The van der Waals surface area contributed by atoms with E-state index in [1.807, 2.05) is 30.3 Å². The summed E-state index contributed by atoms with van der Waals surface area (Å²) in [5, 5.41) is 42.5. The zero-order valence-electron chi connectivity index (χ0n) is 26.1. The molecule has 0 aromatic heterocycles. The molecule has 0 unspecified atom stereocenters. The number of carbonyl (C=O) groups is 1. The molecule has 0 aliphatic heterocycles. The standard InChI is InChI=1S/C34H45B2N3O5/c1-4-39(24-26-11-9-25(10-12-26)7-5-19-37-20-6-8-34(40)38(2)3)33-23-31(36(43)44)17-18-32(33)29-14-13-28-22-30(35(41)42)16-15-27(28)21-29/h6,8-12,15-18,22-23,29,37,41-44H,4-5,7,13-14,19-21,24H2,1-3H3/b8-6+/t29-/m1/s1. The molecule has 0 radical (unpaired) electrons. The number of nitrogens with zero attached hydrogens (tertiary/aromatic N) is 2. The molecule has 1 amide bonds. The molecule has 0 spiro atoms. The molecule has 0 saturated heterocycles. The molecule has 1 atom stereocenters. The van der Waals surface area contributed by atoms with Crippen molar-refractivity contribution in [1.29, 1.82) is 0 Å². The molecule has 8 nitrogen and oxygen atoms in total. The van der Waals surface area contributed by atoms with E-state index >= 15 is 0 Å². The average Bonchev–Trinajstić information content (AvgIpc) is 3.02. The van der Waals surface area contributed by atoms with Crippen LogP contribution in [0.3, 0.4) is 0 Å². The Bertz CT molecular complexity index is 1410. The fourth-order valence-corrected chi connectivity index (χ4v) is 5.85. The maximum atomic E-state index is 11.6. The second kappa shape index (κ2) is 16.1. The van der Waals surface area contributed by atoms with Gasteiger partial charge in [0.05, 0.1) is 0 Å². The summed E-state index contributed by atoms with van der Waals surface area (Å²) in [4.78, 5) is 15.4. The predicted octanol–water partition coefficient (Wildman–Crippen LogP) is 1.51. The lowest BCUT2D eigenvalue weighted by molar-refractivity contribution is -0.123. The fourth-order valence-electron chi connectivity index (χ4n) is 5.85. The van der Waals surface area contributed by atoms with Crippen molar-refractivity contribution < 1.29 is 24.9 Å². The Balaban J connectivity index is 1.41. The number of likely N-dealkylation sites (N-methyl/N-ethyl adjacent to an activating group) is 1. The number of hydrogen-bond acceptors (Lipinski definition) is 7. The molecule has 4 rings (SSSR count). The minimum atomic E-state index is -1.54. The van der Waals surface area contributed by atoms with E-state index in [1.54, 1.807) is 37.2 Å². The molecule has 44 heavy (non-hydrogen) atoms. The SMILES string of the molecule is CCN(Cc1ccc(CCCNC/C=C/C(=O)N(C)C)cc1)c1cc(B(O)O)ccc1[C@@H]1CCc2cc(B(O)O)ccc2C1. The minimum absolute atomic E-state index is 0.0108. The van der Waals surface area contributed by atoms with Gasteiger partial charge in [-0.3, -0.25) is 4.79 Å². The molecule has 3 aromatic carbocycles. The van der Waals surface area contributed by atoms with E-state index in [-0.39, 0.29) is 11.8 Å². The van der Waals surface area contributed by atoms with Gasteiger partial charge in [-0.25, -0.2) is 0 Å². The van der Waals surface area contributed by atoms with Crippen molar-refractivity contribution in [3.8, 4) is 0 Å². The van der Waals surface area contributed by atoms with Crippen molar-refractivity contribution in [3.63, 3.8) is 0 Å². The van der Waals surface area contributed by atoms with Gasteiger partial charge in [0.15, 0.2) is 0 Å². The van der Waals surface area contributed by atoms with Crippen molar-refractivity contribution in [1.82, 2.24) is 10.2 Å². The molecule has 5 N–H and O–H groups in total. The second-order valence-corrected chi connectivity index (χ2v) is 11.8. The van der Waals surface area contributed by atoms with Gasteiger partial charge in [-0.05, 0) is 96.3 Å². The summed E-state index contributed by atoms with van der Waals surface area (Å²) >= 11 is 0. The zero-order valence-corrected chi connectivity index (χ0v) is 26.1. The van der Waals surface area contributed by atoms with Crippen LogP contribution in [0.5, 0.6) is 0 Å². The first-order valence-corrected chi connectivity index (χ1v) is 15.5. The fraction of sp³-hybridized carbons (Fsp3) is 0.382. The van der Waals surface area contributed by atoms with Crippen molar-refractivity contribution in [3.05, 3.63) is 101 Å². The molecule has 1 aliphatic rings. The number of hydrogen-bond donors (Lipinski definition) is 5. The second-order valence-electron chi connectivity index (χ2n) is 11.8. The molecule has 3 aromatic rings. The highest BCUT2D eigenvalue weighted by Gasteiger charge is 2.26. The van der Waals surface area contributed by atoms with Gasteiger partial charge in [-0.2, -0.15) is 0 Å². The third-order valence-corrected chi connectivity index (χ3v) is 8.45. The Morgan fingerprint density at radius 2 is 1.61 bits per heavy atom. The summed E-state index contributed by atoms with van der Waals surface area (Å²) < 4.78 is 0. The van der Waals surface area contributed by atoms with Crippen LogP contribution in [0.15, 0.2) is 72.8 Å². The van der Waals surface area contributed by atoms with Crippen LogP contribution in [0.2, 0.25) is 0 Å². The number of fused-ring (bicyclic) bond motifs is 1. The van der Waals surface area contributed by atoms with E-state index in [4.69, 9.17) is 0 Å². The number of benzene rings is 3. The lowest BCUT2D eigenvalue weighted by atomic mass is 9.73. The Labute approximate surface area is 262 Å². The number of anilines is 1. The number of rotatable bonds is 14. The zero-order chi connectivity index (χ0) is 31.6. The van der Waals surface area contributed by atoms with Crippen LogP contribution in [0.25, 0.3) is 0 Å². The maximum absolute atomic E-state index is 11.6. The van der Waals surface area contributed by atoms with Gasteiger partial charge in [0, 0.05) is 45.5 Å². The van der Waals surface area contributed by atoms with Crippen LogP contribution < -0.4 is 21.1 Å². The van der Waals surface area contributed by atoms with Gasteiger partial charge in [-0.15, -0.1) is 0 Å². The van der Waals surface area contributed by atoms with Crippen LogP contribution in [0.4, 0.5) is 5.69 Å². The van der Waals surface area contributed by atoms with Gasteiger partial charge >= 0.3 is 14.2 Å². The summed E-state index contributed by atoms with van der Waals surface area (Å²) in [6.45, 7) is 5.13. The third kappa shape index (κ3) is 9.06. The highest BCUT2D eigenvalue weighted by molar-refractivity contribution is 6.59. The maximum Gasteiger partial charge on any atom is 0.488 e. The van der Waals surface area contributed by atoms with E-state index in [0.29, 0.717) is 24.0 Å². The summed E-state index contributed by atoms with van der Waals surface area (Å²) in [5.74, 6) is 0.254. The van der Waals surface area contributed by atoms with Crippen LogP contribution >= 0.6 is 0 Å². The lowest BCUT2D eigenvalue weighted by Gasteiger charge is -2.32. The van der Waals surface area contributed by atoms with Gasteiger partial charge < -0.3 is 35.2 Å². The Kier molecular flexibility index (Phi) is 12.2. The molecule has 0 saturated carbocycles. The van der Waals surface area contributed by atoms with Gasteiger partial charge in [0.1, 0.15) is 0 Å². The number of aryl methyl sites for hydroxylation is 2. The van der Waals surface area contributed by atoms with Crippen LogP contribution in [0.1, 0.15) is 53.5 Å². The summed E-state index contributed by atoms with van der Waals surface area (Å²) in [6.07, 6.45) is 8.03. The molecule has 0 fully saturated rings. The largest absolute Gasteiger partial charge is 0.488 e. The van der Waals surface area contributed by atoms with E-state index in [9.17, 15) is 24.9 Å². The first kappa shape index (κ1) is 33.5. The van der Waals surface area contributed by atoms with Crippen molar-refractivity contribution >= 4 is 36.8 Å². The van der Waals surface area contributed by atoms with Crippen molar-refractivity contribution in [2.75, 3.05) is 38.6 Å².